The number of anilines is 1. The van der Waals surface area contributed by atoms with E-state index in [1.807, 2.05) is 38.7 Å². The topological polar surface area (TPSA) is 96.6 Å². The molecule has 34 heavy (non-hydrogen) atoms. The van der Waals surface area contributed by atoms with Crippen molar-refractivity contribution in [2.45, 2.75) is 64.1 Å². The van der Waals surface area contributed by atoms with Crippen LogP contribution in [-0.2, 0) is 4.74 Å². The van der Waals surface area contributed by atoms with Gasteiger partial charge < -0.3 is 19.7 Å². The Kier molecular flexibility index (Phi) is 5.04. The summed E-state index contributed by atoms with van der Waals surface area (Å²) in [5.74, 6) is 0.0463. The van der Waals surface area contributed by atoms with Crippen LogP contribution in [0.3, 0.4) is 0 Å². The van der Waals surface area contributed by atoms with E-state index in [1.165, 1.54) is 12.1 Å². The summed E-state index contributed by atoms with van der Waals surface area (Å²) in [4.78, 5) is 27.2. The van der Waals surface area contributed by atoms with Gasteiger partial charge >= 0.3 is 6.09 Å². The summed E-state index contributed by atoms with van der Waals surface area (Å²) in [7, 11) is 0. The third kappa shape index (κ3) is 3.65. The molecule has 3 heterocycles. The fourth-order valence-electron chi connectivity index (χ4n) is 5.33. The van der Waals surface area contributed by atoms with Crippen LogP contribution in [0, 0.1) is 23.1 Å². The highest BCUT2D eigenvalue weighted by atomic mass is 19.1. The fourth-order valence-corrected chi connectivity index (χ4v) is 5.33. The normalized spacial score (nSPS) is 22.8. The van der Waals surface area contributed by atoms with Gasteiger partial charge in [-0.2, -0.15) is 5.26 Å². The lowest BCUT2D eigenvalue weighted by molar-refractivity contribution is 0.0477. The van der Waals surface area contributed by atoms with Gasteiger partial charge in [0.1, 0.15) is 29.5 Å². The minimum absolute atomic E-state index is 0.00974. The van der Waals surface area contributed by atoms with E-state index in [2.05, 4.69) is 5.32 Å². The maximum Gasteiger partial charge on any atom is 0.408 e. The predicted octanol–water partition coefficient (Wildman–Crippen LogP) is 3.85. The number of carbonyl (C=O) groups excluding carboxylic acids is 1. The molecule has 3 aliphatic rings. The molecule has 5 rings (SSSR count). The number of hydrogen-bond donors (Lipinski definition) is 1. The molecule has 9 heteroatoms. The van der Waals surface area contributed by atoms with E-state index in [0.717, 1.165) is 19.3 Å². The van der Waals surface area contributed by atoms with E-state index in [4.69, 9.17) is 9.47 Å². The smallest absolute Gasteiger partial charge is 0.408 e. The zero-order valence-corrected chi connectivity index (χ0v) is 19.9. The molecule has 1 saturated carbocycles. The summed E-state index contributed by atoms with van der Waals surface area (Å²) in [6, 6.07) is 4.47. The molecule has 1 amide bonds. The van der Waals surface area contributed by atoms with Gasteiger partial charge in [-0.05, 0) is 59.1 Å². The Labute approximate surface area is 197 Å². The second-order valence-electron chi connectivity index (χ2n) is 10.7. The quantitative estimate of drug-likeness (QED) is 0.735. The molecule has 2 aromatic rings. The van der Waals surface area contributed by atoms with Crippen LogP contribution < -0.4 is 20.5 Å². The van der Waals surface area contributed by atoms with E-state index in [1.54, 1.807) is 4.57 Å². The summed E-state index contributed by atoms with van der Waals surface area (Å²) in [5.41, 5.74) is -0.440. The molecule has 2 atom stereocenters. The number of nitrogens with one attached hydrogen (secondary N) is 1. The molecule has 1 aromatic heterocycles. The monoisotopic (exact) mass is 468 g/mol. The Balaban J connectivity index is 1.48. The van der Waals surface area contributed by atoms with Crippen LogP contribution in [0.1, 0.15) is 58.6 Å². The van der Waals surface area contributed by atoms with Gasteiger partial charge in [-0.3, -0.25) is 9.36 Å². The number of amides is 1. The summed E-state index contributed by atoms with van der Waals surface area (Å²) in [6.07, 6.45) is 2.10. The van der Waals surface area contributed by atoms with Crippen molar-refractivity contribution in [1.82, 2.24) is 9.88 Å². The standard InChI is InChI=1S/C25H29FN4O4/c1-14-13-33-21-19-15(9-16(11-27)22(31)30(14)19)10-18(26)20(21)29-8-5-17(12-29)25(6-7-25)28-23(32)34-24(2,3)4/h9-10,14,17H,5-8,12-13H2,1-4H3,(H,28,32)/t14-,17+/m0/s1. The van der Waals surface area contributed by atoms with E-state index >= 15 is 4.39 Å². The second kappa shape index (κ2) is 7.62. The first-order valence-electron chi connectivity index (χ1n) is 11.7. The third-order valence-corrected chi connectivity index (χ3v) is 7.06. The zero-order valence-electron chi connectivity index (χ0n) is 19.9. The van der Waals surface area contributed by atoms with Crippen molar-refractivity contribution in [1.29, 1.82) is 5.26 Å². The number of carbonyl (C=O) groups is 1. The SMILES string of the molecule is C[C@H]1COc2c(N3CC[C@@H](C4(NC(=O)OC(C)(C)C)CC4)C3)c(F)cc3cc(C#N)c(=O)n1c23. The number of rotatable bonds is 3. The molecule has 0 bridgehead atoms. The summed E-state index contributed by atoms with van der Waals surface area (Å²) >= 11 is 0. The van der Waals surface area contributed by atoms with Crippen molar-refractivity contribution in [2.75, 3.05) is 24.6 Å². The number of aromatic nitrogens is 1. The fraction of sp³-hybridized carbons (Fsp3) is 0.560. The van der Waals surface area contributed by atoms with Gasteiger partial charge in [-0.1, -0.05) is 0 Å². The first-order valence-corrected chi connectivity index (χ1v) is 11.7. The Hall–Kier alpha value is -3.28. The van der Waals surface area contributed by atoms with Gasteiger partial charge in [0.05, 0.1) is 11.6 Å². The Morgan fingerprint density at radius 3 is 2.74 bits per heavy atom. The molecule has 1 N–H and O–H groups in total. The van der Waals surface area contributed by atoms with Gasteiger partial charge in [0.2, 0.25) is 0 Å². The van der Waals surface area contributed by atoms with E-state index in [9.17, 15) is 14.9 Å². The zero-order chi connectivity index (χ0) is 24.4. The highest BCUT2D eigenvalue weighted by Gasteiger charge is 2.53. The predicted molar refractivity (Wildman–Crippen MR) is 125 cm³/mol. The van der Waals surface area contributed by atoms with Gasteiger partial charge in [-0.15, -0.1) is 0 Å². The Morgan fingerprint density at radius 2 is 2.09 bits per heavy atom. The lowest BCUT2D eigenvalue weighted by atomic mass is 9.96. The summed E-state index contributed by atoms with van der Waals surface area (Å²) in [5, 5.41) is 12.9. The molecule has 2 fully saturated rings. The first kappa shape index (κ1) is 22.5. The number of nitrogens with zero attached hydrogens (tertiary/aromatic N) is 3. The van der Waals surface area contributed by atoms with Crippen LogP contribution >= 0.6 is 0 Å². The average Bonchev–Trinajstić information content (AvgIpc) is 3.34. The van der Waals surface area contributed by atoms with Gasteiger partial charge in [0.15, 0.2) is 11.6 Å². The van der Waals surface area contributed by atoms with Gasteiger partial charge in [0.25, 0.3) is 5.56 Å². The van der Waals surface area contributed by atoms with Crippen LogP contribution in [0.5, 0.6) is 5.75 Å². The number of alkyl carbamates (subject to hydrolysis) is 1. The van der Waals surface area contributed by atoms with E-state index in [-0.39, 0.29) is 35.2 Å². The Bertz CT molecular complexity index is 1290. The number of nitriles is 1. The van der Waals surface area contributed by atoms with Crippen LogP contribution in [0.2, 0.25) is 0 Å². The second-order valence-corrected chi connectivity index (χ2v) is 10.7. The highest BCUT2D eigenvalue weighted by Crippen LogP contribution is 2.49. The average molecular weight is 469 g/mol. The molecular formula is C25H29FN4O4. The van der Waals surface area contributed by atoms with Crippen LogP contribution in [0.15, 0.2) is 16.9 Å². The maximum atomic E-state index is 15.5. The number of halogens is 1. The molecule has 1 saturated heterocycles. The maximum absolute atomic E-state index is 15.5. The lowest BCUT2D eigenvalue weighted by Gasteiger charge is -2.31. The van der Waals surface area contributed by atoms with Crippen LogP contribution in [0.25, 0.3) is 10.9 Å². The van der Waals surface area contributed by atoms with Crippen molar-refractivity contribution in [2.24, 2.45) is 5.92 Å². The molecule has 0 unspecified atom stereocenters. The van der Waals surface area contributed by atoms with Gasteiger partial charge in [-0.25, -0.2) is 9.18 Å². The number of hydrogen-bond acceptors (Lipinski definition) is 6. The van der Waals surface area contributed by atoms with Crippen molar-refractivity contribution < 1.29 is 18.7 Å². The molecule has 2 aliphatic heterocycles. The van der Waals surface area contributed by atoms with Gasteiger partial charge in [0, 0.05) is 29.9 Å². The number of ether oxygens (including phenoxy) is 2. The first-order chi connectivity index (χ1) is 16.0. The molecule has 1 aromatic carbocycles. The van der Waals surface area contributed by atoms with E-state index < -0.39 is 17.5 Å². The number of benzene rings is 1. The molecule has 180 valence electrons. The molecule has 0 radical (unpaired) electrons. The lowest BCUT2D eigenvalue weighted by Crippen LogP contribution is -2.45. The van der Waals surface area contributed by atoms with Crippen molar-refractivity contribution in [3.8, 4) is 11.8 Å². The molecule has 1 aliphatic carbocycles. The number of pyridine rings is 1. The van der Waals surface area contributed by atoms with Crippen molar-refractivity contribution in [3.63, 3.8) is 0 Å². The summed E-state index contributed by atoms with van der Waals surface area (Å²) in [6.45, 7) is 8.72. The van der Waals surface area contributed by atoms with Crippen molar-refractivity contribution >= 4 is 22.7 Å². The Morgan fingerprint density at radius 1 is 1.35 bits per heavy atom. The van der Waals surface area contributed by atoms with Crippen LogP contribution in [0.4, 0.5) is 14.9 Å². The van der Waals surface area contributed by atoms with Crippen LogP contribution in [-0.4, -0.2) is 41.5 Å². The minimum atomic E-state index is -0.575. The highest BCUT2D eigenvalue weighted by molar-refractivity contribution is 5.92. The minimum Gasteiger partial charge on any atom is -0.487 e. The van der Waals surface area contributed by atoms with E-state index in [0.29, 0.717) is 35.4 Å². The van der Waals surface area contributed by atoms with Crippen molar-refractivity contribution in [3.05, 3.63) is 33.9 Å². The molecule has 8 nitrogen and oxygen atoms in total. The molecular weight excluding hydrogens is 439 g/mol. The molecule has 0 spiro atoms. The largest absolute Gasteiger partial charge is 0.487 e. The summed E-state index contributed by atoms with van der Waals surface area (Å²) < 4.78 is 28.5. The third-order valence-electron chi connectivity index (χ3n) is 7.06.